The first-order chi connectivity index (χ1) is 14.5. The molecule has 0 N–H and O–H groups in total. The van der Waals surface area contributed by atoms with Crippen LogP contribution in [0, 0.1) is 0 Å². The minimum Gasteiger partial charge on any atom is -0.496 e. The van der Waals surface area contributed by atoms with E-state index in [9.17, 15) is 19.2 Å². The first-order valence-corrected chi connectivity index (χ1v) is 9.30. The van der Waals surface area contributed by atoms with E-state index in [-0.39, 0.29) is 23.2 Å². The predicted octanol–water partition coefficient (Wildman–Crippen LogP) is 2.37. The standard InChI is InChI=1S/C22H21NO7/c1-28-11-5-10-23-20(25)15-9-8-14(12-17(15)21(23)26)22(27)30-13-18(24)16-6-3-4-7-19(16)29-2/h3-4,6-9,12H,5,10-11,13H2,1-2H3. The average Bonchev–Trinajstić information content (AvgIpc) is 3.01. The fourth-order valence-electron chi connectivity index (χ4n) is 3.15. The predicted molar refractivity (Wildman–Crippen MR) is 106 cm³/mol. The van der Waals surface area contributed by atoms with Gasteiger partial charge in [0.1, 0.15) is 5.75 Å². The lowest BCUT2D eigenvalue weighted by molar-refractivity contribution is 0.0474. The molecule has 156 valence electrons. The SMILES string of the molecule is COCCCN1C(=O)c2ccc(C(=O)OCC(=O)c3ccccc3OC)cc2C1=O. The molecule has 0 fully saturated rings. The fourth-order valence-corrected chi connectivity index (χ4v) is 3.15. The normalized spacial score (nSPS) is 12.7. The smallest absolute Gasteiger partial charge is 0.338 e. The highest BCUT2D eigenvalue weighted by Gasteiger charge is 2.35. The van der Waals surface area contributed by atoms with Gasteiger partial charge in [-0.25, -0.2) is 4.79 Å². The van der Waals surface area contributed by atoms with Crippen LogP contribution in [0.25, 0.3) is 0 Å². The van der Waals surface area contributed by atoms with Gasteiger partial charge in [-0.2, -0.15) is 0 Å². The zero-order valence-corrected chi connectivity index (χ0v) is 16.7. The summed E-state index contributed by atoms with van der Waals surface area (Å²) in [6.07, 6.45) is 0.516. The number of hydrogen-bond acceptors (Lipinski definition) is 7. The van der Waals surface area contributed by atoms with Crippen LogP contribution in [-0.4, -0.2) is 62.4 Å². The van der Waals surface area contributed by atoms with Crippen molar-refractivity contribution < 1.29 is 33.4 Å². The maximum atomic E-state index is 12.5. The number of imide groups is 1. The van der Waals surface area contributed by atoms with Crippen LogP contribution in [-0.2, 0) is 9.47 Å². The third-order valence-corrected chi connectivity index (χ3v) is 4.68. The van der Waals surface area contributed by atoms with E-state index in [1.807, 2.05) is 0 Å². The maximum Gasteiger partial charge on any atom is 0.338 e. The second kappa shape index (κ2) is 9.32. The molecule has 0 aliphatic carbocycles. The molecule has 0 bridgehead atoms. The van der Waals surface area contributed by atoms with Crippen molar-refractivity contribution in [3.05, 3.63) is 64.7 Å². The van der Waals surface area contributed by atoms with Gasteiger partial charge in [-0.3, -0.25) is 19.3 Å². The molecule has 1 aliphatic rings. The number of carbonyl (C=O) groups excluding carboxylic acids is 4. The molecule has 0 spiro atoms. The number of ketones is 1. The number of carbonyl (C=O) groups is 4. The highest BCUT2D eigenvalue weighted by molar-refractivity contribution is 6.22. The summed E-state index contributed by atoms with van der Waals surface area (Å²) in [4.78, 5) is 50.8. The van der Waals surface area contributed by atoms with Crippen molar-refractivity contribution in [2.45, 2.75) is 6.42 Å². The number of esters is 1. The van der Waals surface area contributed by atoms with Crippen molar-refractivity contribution in [3.63, 3.8) is 0 Å². The topological polar surface area (TPSA) is 99.2 Å². The number of nitrogens with zero attached hydrogens (tertiary/aromatic N) is 1. The van der Waals surface area contributed by atoms with Crippen molar-refractivity contribution in [1.82, 2.24) is 4.90 Å². The van der Waals surface area contributed by atoms with E-state index in [4.69, 9.17) is 14.2 Å². The van der Waals surface area contributed by atoms with Crippen LogP contribution in [0.2, 0.25) is 0 Å². The van der Waals surface area contributed by atoms with E-state index in [1.165, 1.54) is 25.3 Å². The molecule has 8 nitrogen and oxygen atoms in total. The number of hydrogen-bond donors (Lipinski definition) is 0. The van der Waals surface area contributed by atoms with Crippen molar-refractivity contribution >= 4 is 23.6 Å². The van der Waals surface area contributed by atoms with E-state index in [0.29, 0.717) is 24.3 Å². The molecule has 2 aromatic rings. The zero-order chi connectivity index (χ0) is 21.7. The summed E-state index contributed by atoms with van der Waals surface area (Å²) in [5, 5.41) is 0. The molecule has 30 heavy (non-hydrogen) atoms. The van der Waals surface area contributed by atoms with Crippen LogP contribution in [0.1, 0.15) is 47.9 Å². The molecule has 1 aliphatic heterocycles. The maximum absolute atomic E-state index is 12.5. The highest BCUT2D eigenvalue weighted by atomic mass is 16.5. The zero-order valence-electron chi connectivity index (χ0n) is 16.7. The van der Waals surface area contributed by atoms with Gasteiger partial charge in [-0.1, -0.05) is 12.1 Å². The summed E-state index contributed by atoms with van der Waals surface area (Å²) in [6, 6.07) is 10.8. The summed E-state index contributed by atoms with van der Waals surface area (Å²) in [6.45, 7) is 0.172. The number of amides is 2. The molecule has 0 aromatic heterocycles. The van der Waals surface area contributed by atoms with Crippen LogP contribution >= 0.6 is 0 Å². The van der Waals surface area contributed by atoms with E-state index in [2.05, 4.69) is 0 Å². The van der Waals surface area contributed by atoms with Gasteiger partial charge in [0.15, 0.2) is 6.61 Å². The molecule has 8 heteroatoms. The van der Waals surface area contributed by atoms with E-state index >= 15 is 0 Å². The van der Waals surface area contributed by atoms with Gasteiger partial charge in [-0.15, -0.1) is 0 Å². The summed E-state index contributed by atoms with van der Waals surface area (Å²) in [7, 11) is 2.98. The molecule has 0 radical (unpaired) electrons. The summed E-state index contributed by atoms with van der Waals surface area (Å²) < 4.78 is 15.2. The van der Waals surface area contributed by atoms with Crippen LogP contribution < -0.4 is 4.74 Å². The van der Waals surface area contributed by atoms with Gasteiger partial charge in [0.2, 0.25) is 5.78 Å². The Morgan fingerprint density at radius 1 is 0.967 bits per heavy atom. The number of Topliss-reactive ketones (excluding diaryl/α,β-unsaturated/α-hetero) is 1. The van der Waals surface area contributed by atoms with Crippen LogP contribution in [0.4, 0.5) is 0 Å². The molecular formula is C22H21NO7. The van der Waals surface area contributed by atoms with Crippen LogP contribution in [0.3, 0.4) is 0 Å². The quantitative estimate of drug-likeness (QED) is 0.270. The first kappa shape index (κ1) is 21.2. The monoisotopic (exact) mass is 411 g/mol. The number of fused-ring (bicyclic) bond motifs is 1. The van der Waals surface area contributed by atoms with Crippen molar-refractivity contribution in [1.29, 1.82) is 0 Å². The molecule has 2 aromatic carbocycles. The van der Waals surface area contributed by atoms with Gasteiger partial charge in [0, 0.05) is 20.3 Å². The lowest BCUT2D eigenvalue weighted by Crippen LogP contribution is -2.31. The molecule has 0 saturated heterocycles. The Kier molecular flexibility index (Phi) is 6.58. The van der Waals surface area contributed by atoms with Crippen LogP contribution in [0.15, 0.2) is 42.5 Å². The van der Waals surface area contributed by atoms with Gasteiger partial charge >= 0.3 is 5.97 Å². The Bertz CT molecular complexity index is 999. The van der Waals surface area contributed by atoms with Gasteiger partial charge in [-0.05, 0) is 36.8 Å². The average molecular weight is 411 g/mol. The minimum absolute atomic E-state index is 0.0847. The summed E-state index contributed by atoms with van der Waals surface area (Å²) in [5.74, 6) is -1.67. The lowest BCUT2D eigenvalue weighted by Gasteiger charge is -2.12. The molecule has 0 unspecified atom stereocenters. The highest BCUT2D eigenvalue weighted by Crippen LogP contribution is 2.25. The van der Waals surface area contributed by atoms with Gasteiger partial charge in [0.05, 0.1) is 29.4 Å². The molecule has 0 saturated carbocycles. The Labute approximate surface area is 173 Å². The lowest BCUT2D eigenvalue weighted by atomic mass is 10.1. The Morgan fingerprint density at radius 2 is 1.70 bits per heavy atom. The van der Waals surface area contributed by atoms with E-state index in [0.717, 1.165) is 4.90 Å². The minimum atomic E-state index is -0.765. The largest absolute Gasteiger partial charge is 0.496 e. The Hall–Kier alpha value is -3.52. The van der Waals surface area contributed by atoms with Gasteiger partial charge in [0.25, 0.3) is 11.8 Å². The summed E-state index contributed by atoms with van der Waals surface area (Å²) in [5.41, 5.74) is 0.762. The Balaban J connectivity index is 1.68. The fraction of sp³-hybridized carbons (Fsp3) is 0.273. The second-order valence-corrected chi connectivity index (χ2v) is 6.57. The number of ether oxygens (including phenoxy) is 3. The van der Waals surface area contributed by atoms with Crippen molar-refractivity contribution in [2.75, 3.05) is 34.0 Å². The van der Waals surface area contributed by atoms with Crippen molar-refractivity contribution in [2.24, 2.45) is 0 Å². The van der Waals surface area contributed by atoms with Crippen LogP contribution in [0.5, 0.6) is 5.75 Å². The molecule has 2 amide bonds. The van der Waals surface area contributed by atoms with E-state index < -0.39 is 30.2 Å². The molecular weight excluding hydrogens is 390 g/mol. The van der Waals surface area contributed by atoms with E-state index in [1.54, 1.807) is 31.4 Å². The summed E-state index contributed by atoms with van der Waals surface area (Å²) >= 11 is 0. The molecule has 1 heterocycles. The van der Waals surface area contributed by atoms with Gasteiger partial charge < -0.3 is 14.2 Å². The molecule has 3 rings (SSSR count). The number of para-hydroxylation sites is 1. The third-order valence-electron chi connectivity index (χ3n) is 4.68. The number of methoxy groups -OCH3 is 2. The van der Waals surface area contributed by atoms with Crippen molar-refractivity contribution in [3.8, 4) is 5.75 Å². The first-order valence-electron chi connectivity index (χ1n) is 9.30. The number of benzene rings is 2. The molecule has 0 atom stereocenters. The Morgan fingerprint density at radius 3 is 2.43 bits per heavy atom. The third kappa shape index (κ3) is 4.23. The second-order valence-electron chi connectivity index (χ2n) is 6.57. The number of rotatable bonds is 9.